The van der Waals surface area contributed by atoms with Crippen LogP contribution in [-0.2, 0) is 21.5 Å². The van der Waals surface area contributed by atoms with Crippen LogP contribution in [0.2, 0.25) is 0 Å². The van der Waals surface area contributed by atoms with E-state index in [0.29, 0.717) is 45.6 Å². The number of carbonyl (C=O) groups is 1. The fraction of sp³-hybridized carbons (Fsp3) is 0.650. The van der Waals surface area contributed by atoms with Crippen molar-refractivity contribution in [3.8, 4) is 5.75 Å². The first-order valence-electron chi connectivity index (χ1n) is 10.3. The van der Waals surface area contributed by atoms with Gasteiger partial charge in [-0.25, -0.2) is 0 Å². The summed E-state index contributed by atoms with van der Waals surface area (Å²) in [6.45, 7) is 4.80. The summed E-state index contributed by atoms with van der Waals surface area (Å²) in [6.07, 6.45) is 4.33. The minimum absolute atomic E-state index is 0.0927. The Morgan fingerprint density at radius 2 is 1.82 bits per heavy atom. The Hall–Kier alpha value is -1.64. The molecule has 2 aliphatic rings. The van der Waals surface area contributed by atoms with Gasteiger partial charge in [-0.1, -0.05) is 24.6 Å². The molecule has 0 saturated carbocycles. The molecule has 0 radical (unpaired) electrons. The lowest BCUT2D eigenvalue weighted by Crippen LogP contribution is -2.51. The van der Waals surface area contributed by atoms with Crippen molar-refractivity contribution in [2.24, 2.45) is 5.92 Å². The zero-order valence-electron chi connectivity index (χ0n) is 16.6. The molecule has 0 unspecified atom stereocenters. The van der Waals surface area contributed by atoms with Crippen LogP contribution in [0.5, 0.6) is 5.75 Å². The molecule has 2 saturated heterocycles. The maximum Gasteiger partial charge on any atom is 0.281 e. The number of piperidine rings is 2. The Bertz CT molecular complexity index is 762. The summed E-state index contributed by atoms with van der Waals surface area (Å²) in [5.41, 5.74) is 0.923. The molecule has 0 aliphatic carbocycles. The number of rotatable bonds is 7. The number of nitrogens with zero attached hydrogens (tertiary/aromatic N) is 2. The Labute approximate surface area is 168 Å². The minimum atomic E-state index is -3.47. The largest absolute Gasteiger partial charge is 0.494 e. The molecule has 8 heteroatoms. The molecule has 1 N–H and O–H groups in total. The van der Waals surface area contributed by atoms with Crippen molar-refractivity contribution in [3.63, 3.8) is 0 Å². The third-order valence-electron chi connectivity index (χ3n) is 5.45. The summed E-state index contributed by atoms with van der Waals surface area (Å²) in [7, 11) is -3.47. The minimum Gasteiger partial charge on any atom is -0.494 e. The molecule has 28 heavy (non-hydrogen) atoms. The second-order valence-electron chi connectivity index (χ2n) is 7.42. The van der Waals surface area contributed by atoms with Crippen LogP contribution >= 0.6 is 0 Å². The van der Waals surface area contributed by atoms with Crippen molar-refractivity contribution in [1.29, 1.82) is 0 Å². The monoisotopic (exact) mass is 409 g/mol. The van der Waals surface area contributed by atoms with Gasteiger partial charge in [-0.05, 0) is 38.7 Å². The van der Waals surface area contributed by atoms with Crippen LogP contribution in [0.1, 0.15) is 44.6 Å². The predicted molar refractivity (Wildman–Crippen MR) is 108 cm³/mol. The topological polar surface area (TPSA) is 79.0 Å². The molecule has 0 bridgehead atoms. The quantitative estimate of drug-likeness (QED) is 0.748. The van der Waals surface area contributed by atoms with E-state index in [9.17, 15) is 13.2 Å². The molecule has 3 rings (SSSR count). The van der Waals surface area contributed by atoms with Crippen LogP contribution in [0.15, 0.2) is 24.3 Å². The van der Waals surface area contributed by atoms with Crippen LogP contribution in [-0.4, -0.2) is 55.7 Å². The summed E-state index contributed by atoms with van der Waals surface area (Å²) < 4.78 is 34.5. The zero-order valence-corrected chi connectivity index (χ0v) is 17.4. The number of carbonyl (C=O) groups excluding carboxylic acids is 1. The third kappa shape index (κ3) is 5.04. The number of ether oxygens (including phenoxy) is 1. The van der Waals surface area contributed by atoms with Gasteiger partial charge in [0.25, 0.3) is 10.2 Å². The van der Waals surface area contributed by atoms with Crippen LogP contribution in [0.25, 0.3) is 0 Å². The second kappa shape index (κ2) is 9.71. The maximum absolute atomic E-state index is 12.9. The smallest absolute Gasteiger partial charge is 0.281 e. The molecule has 1 aromatic carbocycles. The maximum atomic E-state index is 12.9. The zero-order chi connectivity index (χ0) is 20.0. The van der Waals surface area contributed by atoms with E-state index in [0.717, 1.165) is 30.6 Å². The average Bonchev–Trinajstić information content (AvgIpc) is 2.74. The van der Waals surface area contributed by atoms with Gasteiger partial charge in [-0.15, -0.1) is 0 Å². The lowest BCUT2D eigenvalue weighted by atomic mass is 9.98. The Morgan fingerprint density at radius 3 is 2.57 bits per heavy atom. The Kier molecular flexibility index (Phi) is 7.31. The van der Waals surface area contributed by atoms with Gasteiger partial charge < -0.3 is 10.1 Å². The molecular formula is C20H31N3O4S. The van der Waals surface area contributed by atoms with Crippen LogP contribution in [0.3, 0.4) is 0 Å². The highest BCUT2D eigenvalue weighted by Crippen LogP contribution is 2.24. The number of para-hydroxylation sites is 1. The first-order valence-corrected chi connectivity index (χ1v) is 11.7. The van der Waals surface area contributed by atoms with Crippen LogP contribution in [0, 0.1) is 5.92 Å². The second-order valence-corrected chi connectivity index (χ2v) is 9.35. The number of nitrogens with one attached hydrogen (secondary N) is 1. The van der Waals surface area contributed by atoms with E-state index in [1.165, 1.54) is 4.31 Å². The molecule has 2 fully saturated rings. The normalized spacial score (nSPS) is 22.0. The van der Waals surface area contributed by atoms with Gasteiger partial charge >= 0.3 is 0 Å². The summed E-state index contributed by atoms with van der Waals surface area (Å²) >= 11 is 0. The van der Waals surface area contributed by atoms with Crippen molar-refractivity contribution in [1.82, 2.24) is 13.9 Å². The fourth-order valence-corrected chi connectivity index (χ4v) is 5.67. The molecular weight excluding hydrogens is 378 g/mol. The highest BCUT2D eigenvalue weighted by molar-refractivity contribution is 7.86. The van der Waals surface area contributed by atoms with E-state index in [1.54, 1.807) is 4.31 Å². The number of hydrogen-bond acceptors (Lipinski definition) is 4. The van der Waals surface area contributed by atoms with Crippen molar-refractivity contribution in [2.45, 2.75) is 45.6 Å². The Morgan fingerprint density at radius 1 is 1.11 bits per heavy atom. The lowest BCUT2D eigenvalue weighted by Gasteiger charge is -2.36. The molecule has 1 atom stereocenters. The van der Waals surface area contributed by atoms with E-state index in [-0.39, 0.29) is 18.4 Å². The number of amides is 1. The summed E-state index contributed by atoms with van der Waals surface area (Å²) in [5, 5.41) is 2.96. The molecule has 1 aromatic rings. The van der Waals surface area contributed by atoms with Crippen molar-refractivity contribution in [3.05, 3.63) is 29.8 Å². The number of hydrogen-bond donors (Lipinski definition) is 1. The Balaban J connectivity index is 1.58. The predicted octanol–water partition coefficient (Wildman–Crippen LogP) is 2.14. The fourth-order valence-electron chi connectivity index (χ4n) is 3.90. The SMILES string of the molecule is CCOc1ccccc1CNC(=O)[C@H]1CCCN(S(=O)(=O)N2CCCCC2)C1. The molecule has 2 heterocycles. The molecule has 0 aromatic heterocycles. The van der Waals surface area contributed by atoms with E-state index in [2.05, 4.69) is 5.32 Å². The highest BCUT2D eigenvalue weighted by Gasteiger charge is 2.36. The van der Waals surface area contributed by atoms with Crippen LogP contribution < -0.4 is 10.1 Å². The van der Waals surface area contributed by atoms with Gasteiger partial charge in [0.05, 0.1) is 12.5 Å². The van der Waals surface area contributed by atoms with Gasteiger partial charge in [0.15, 0.2) is 0 Å². The lowest BCUT2D eigenvalue weighted by molar-refractivity contribution is -0.126. The highest BCUT2D eigenvalue weighted by atomic mass is 32.2. The molecule has 7 nitrogen and oxygen atoms in total. The van der Waals surface area contributed by atoms with Gasteiger partial charge in [-0.3, -0.25) is 4.79 Å². The van der Waals surface area contributed by atoms with E-state index in [4.69, 9.17) is 4.74 Å². The number of benzene rings is 1. The summed E-state index contributed by atoms with van der Waals surface area (Å²) in [4.78, 5) is 12.7. The first-order chi connectivity index (χ1) is 13.5. The third-order valence-corrected chi connectivity index (χ3v) is 7.45. The van der Waals surface area contributed by atoms with Crippen LogP contribution in [0.4, 0.5) is 0 Å². The van der Waals surface area contributed by atoms with Gasteiger partial charge in [-0.2, -0.15) is 17.0 Å². The van der Waals surface area contributed by atoms with Crippen molar-refractivity contribution >= 4 is 16.1 Å². The molecule has 156 valence electrons. The first kappa shape index (κ1) is 21.1. The van der Waals surface area contributed by atoms with Crippen molar-refractivity contribution in [2.75, 3.05) is 32.8 Å². The van der Waals surface area contributed by atoms with E-state index in [1.807, 2.05) is 31.2 Å². The van der Waals surface area contributed by atoms with E-state index < -0.39 is 10.2 Å². The van der Waals surface area contributed by atoms with Gasteiger partial charge in [0.2, 0.25) is 5.91 Å². The molecule has 1 amide bonds. The summed E-state index contributed by atoms with van der Waals surface area (Å²) in [5.74, 6) is 0.362. The van der Waals surface area contributed by atoms with E-state index >= 15 is 0 Å². The molecule has 2 aliphatic heterocycles. The summed E-state index contributed by atoms with van der Waals surface area (Å²) in [6, 6.07) is 7.64. The standard InChI is InChI=1S/C20H31N3O4S/c1-2-27-19-11-5-4-9-17(19)15-21-20(24)18-10-8-14-23(16-18)28(25,26)22-12-6-3-7-13-22/h4-5,9,11,18H,2-3,6-8,10,12-16H2,1H3,(H,21,24)/t18-/m0/s1. The van der Waals surface area contributed by atoms with Gasteiger partial charge in [0, 0.05) is 38.3 Å². The van der Waals surface area contributed by atoms with Gasteiger partial charge in [0.1, 0.15) is 5.75 Å². The average molecular weight is 410 g/mol. The molecule has 0 spiro atoms. The van der Waals surface area contributed by atoms with Crippen molar-refractivity contribution < 1.29 is 17.9 Å².